The highest BCUT2D eigenvalue weighted by molar-refractivity contribution is 6.32. The smallest absolute Gasteiger partial charge is 0.0479 e. The zero-order valence-corrected chi connectivity index (χ0v) is 11.1. The molecule has 1 aliphatic rings. The van der Waals surface area contributed by atoms with Crippen molar-refractivity contribution in [3.05, 3.63) is 47.6 Å². The van der Waals surface area contributed by atoms with Crippen molar-refractivity contribution in [1.82, 2.24) is 0 Å². The zero-order chi connectivity index (χ0) is 12.6. The van der Waals surface area contributed by atoms with Gasteiger partial charge in [-0.05, 0) is 35.6 Å². The summed E-state index contributed by atoms with van der Waals surface area (Å²) in [6, 6.07) is 5.85. The van der Waals surface area contributed by atoms with Crippen LogP contribution in [-0.2, 0) is 0 Å². The van der Waals surface area contributed by atoms with Crippen molar-refractivity contribution in [3.63, 3.8) is 0 Å². The van der Waals surface area contributed by atoms with Crippen molar-refractivity contribution in [2.45, 2.75) is 20.3 Å². The summed E-state index contributed by atoms with van der Waals surface area (Å²) >= 11 is 6.03. The SMILES string of the molecule is C=Cc1cc(NC(=C)C2CC2(C)C)ccc1Cl. The second kappa shape index (κ2) is 4.23. The van der Waals surface area contributed by atoms with Gasteiger partial charge in [-0.3, -0.25) is 0 Å². The molecule has 0 heterocycles. The van der Waals surface area contributed by atoms with Gasteiger partial charge in [0.15, 0.2) is 0 Å². The summed E-state index contributed by atoms with van der Waals surface area (Å²) in [5, 5.41) is 4.09. The predicted molar refractivity (Wildman–Crippen MR) is 76.2 cm³/mol. The molecule has 1 saturated carbocycles. The lowest BCUT2D eigenvalue weighted by Gasteiger charge is -2.12. The molecule has 1 aromatic carbocycles. The topological polar surface area (TPSA) is 12.0 Å². The molecular formula is C15H18ClN. The summed E-state index contributed by atoms with van der Waals surface area (Å²) in [6.45, 7) is 12.4. The van der Waals surface area contributed by atoms with Crippen LogP contribution in [0.5, 0.6) is 0 Å². The molecule has 2 rings (SSSR count). The van der Waals surface area contributed by atoms with Crippen LogP contribution in [0.3, 0.4) is 0 Å². The van der Waals surface area contributed by atoms with Crippen molar-refractivity contribution >= 4 is 23.4 Å². The number of anilines is 1. The van der Waals surface area contributed by atoms with Gasteiger partial charge in [-0.2, -0.15) is 0 Å². The summed E-state index contributed by atoms with van der Waals surface area (Å²) in [4.78, 5) is 0. The second-order valence-corrected chi connectivity index (χ2v) is 5.74. The Labute approximate surface area is 108 Å². The molecule has 0 aromatic heterocycles. The van der Waals surface area contributed by atoms with E-state index in [-0.39, 0.29) is 0 Å². The summed E-state index contributed by atoms with van der Waals surface area (Å²) in [5.74, 6) is 0.574. The first kappa shape index (κ1) is 12.3. The van der Waals surface area contributed by atoms with Gasteiger partial charge in [0.25, 0.3) is 0 Å². The lowest BCUT2D eigenvalue weighted by molar-refractivity contribution is 0.599. The number of hydrogen-bond donors (Lipinski definition) is 1. The molecule has 0 spiro atoms. The molecule has 0 bridgehead atoms. The standard InChI is InChI=1S/C15H18ClN/c1-5-11-8-12(6-7-14(11)16)17-10(2)13-9-15(13,3)4/h5-8,13,17H,1-2,9H2,3-4H3. The van der Waals surface area contributed by atoms with Crippen molar-refractivity contribution in [2.75, 3.05) is 5.32 Å². The molecule has 1 atom stereocenters. The Hall–Kier alpha value is -1.21. The molecule has 1 fully saturated rings. The van der Waals surface area contributed by atoms with Crippen molar-refractivity contribution in [1.29, 1.82) is 0 Å². The highest BCUT2D eigenvalue weighted by Crippen LogP contribution is 2.55. The van der Waals surface area contributed by atoms with E-state index in [0.29, 0.717) is 11.3 Å². The third-order valence-corrected chi connectivity index (χ3v) is 3.80. The fraction of sp³-hybridized carbons (Fsp3) is 0.333. The van der Waals surface area contributed by atoms with Crippen molar-refractivity contribution < 1.29 is 0 Å². The number of allylic oxidation sites excluding steroid dienone is 1. The molecule has 0 saturated heterocycles. The molecule has 1 N–H and O–H groups in total. The maximum atomic E-state index is 6.03. The molecule has 1 unspecified atom stereocenters. The number of hydrogen-bond acceptors (Lipinski definition) is 1. The minimum atomic E-state index is 0.401. The van der Waals surface area contributed by atoms with Gasteiger partial charge in [0.2, 0.25) is 0 Å². The normalized spacial score (nSPS) is 20.8. The number of halogens is 1. The molecule has 17 heavy (non-hydrogen) atoms. The average Bonchev–Trinajstić information content (AvgIpc) is 2.91. The summed E-state index contributed by atoms with van der Waals surface area (Å²) < 4.78 is 0. The van der Waals surface area contributed by atoms with Crippen LogP contribution < -0.4 is 5.32 Å². The molecular weight excluding hydrogens is 230 g/mol. The van der Waals surface area contributed by atoms with Crippen LogP contribution in [0.2, 0.25) is 5.02 Å². The van der Waals surface area contributed by atoms with Crippen LogP contribution in [-0.4, -0.2) is 0 Å². The lowest BCUT2D eigenvalue weighted by Crippen LogP contribution is -2.04. The number of benzene rings is 1. The van der Waals surface area contributed by atoms with Crippen LogP contribution in [0.1, 0.15) is 25.8 Å². The van der Waals surface area contributed by atoms with E-state index >= 15 is 0 Å². The molecule has 1 aromatic rings. The quantitative estimate of drug-likeness (QED) is 0.793. The Bertz CT molecular complexity index is 474. The minimum absolute atomic E-state index is 0.401. The molecule has 0 aliphatic heterocycles. The fourth-order valence-corrected chi connectivity index (χ4v) is 2.31. The zero-order valence-electron chi connectivity index (χ0n) is 10.4. The number of rotatable bonds is 4. The highest BCUT2D eigenvalue weighted by atomic mass is 35.5. The van der Waals surface area contributed by atoms with Crippen molar-refractivity contribution in [3.8, 4) is 0 Å². The van der Waals surface area contributed by atoms with Crippen LogP contribution in [0.25, 0.3) is 6.08 Å². The van der Waals surface area contributed by atoms with Crippen molar-refractivity contribution in [2.24, 2.45) is 11.3 Å². The van der Waals surface area contributed by atoms with E-state index in [1.165, 1.54) is 6.42 Å². The Morgan fingerprint density at radius 1 is 1.53 bits per heavy atom. The Morgan fingerprint density at radius 3 is 2.71 bits per heavy atom. The monoisotopic (exact) mass is 247 g/mol. The van der Waals surface area contributed by atoms with E-state index in [1.54, 1.807) is 6.08 Å². The molecule has 1 aliphatic carbocycles. The predicted octanol–water partition coefficient (Wildman–Crippen LogP) is 4.95. The van der Waals surface area contributed by atoms with Gasteiger partial charge in [0.05, 0.1) is 0 Å². The molecule has 1 nitrogen and oxygen atoms in total. The first-order chi connectivity index (χ1) is 7.94. The molecule has 2 heteroatoms. The van der Waals surface area contributed by atoms with Crippen LogP contribution in [0, 0.1) is 11.3 Å². The third kappa shape index (κ3) is 2.55. The lowest BCUT2D eigenvalue weighted by atomic mass is 10.1. The first-order valence-corrected chi connectivity index (χ1v) is 6.19. The summed E-state index contributed by atoms with van der Waals surface area (Å²) in [6.07, 6.45) is 2.97. The van der Waals surface area contributed by atoms with Gasteiger partial charge in [0, 0.05) is 22.3 Å². The third-order valence-electron chi connectivity index (χ3n) is 3.45. The van der Waals surface area contributed by atoms with E-state index < -0.39 is 0 Å². The Kier molecular flexibility index (Phi) is 3.05. The van der Waals surface area contributed by atoms with Gasteiger partial charge < -0.3 is 5.32 Å². The van der Waals surface area contributed by atoms with E-state index in [2.05, 4.69) is 32.3 Å². The largest absolute Gasteiger partial charge is 0.359 e. The average molecular weight is 248 g/mol. The maximum Gasteiger partial charge on any atom is 0.0479 e. The van der Waals surface area contributed by atoms with Crippen LogP contribution in [0.4, 0.5) is 5.69 Å². The molecule has 0 radical (unpaired) electrons. The van der Waals surface area contributed by atoms with E-state index in [9.17, 15) is 0 Å². The van der Waals surface area contributed by atoms with Crippen LogP contribution >= 0.6 is 11.6 Å². The number of nitrogens with one attached hydrogen (secondary N) is 1. The van der Waals surface area contributed by atoms with Gasteiger partial charge in [0.1, 0.15) is 0 Å². The summed E-state index contributed by atoms with van der Waals surface area (Å²) in [7, 11) is 0. The first-order valence-electron chi connectivity index (χ1n) is 5.82. The summed E-state index contributed by atoms with van der Waals surface area (Å²) in [5.41, 5.74) is 3.46. The van der Waals surface area contributed by atoms with E-state index in [4.69, 9.17) is 11.6 Å². The van der Waals surface area contributed by atoms with Crippen LogP contribution in [0.15, 0.2) is 37.1 Å². The molecule has 0 amide bonds. The Morgan fingerprint density at radius 2 is 2.18 bits per heavy atom. The van der Waals surface area contributed by atoms with Gasteiger partial charge in [-0.1, -0.05) is 44.7 Å². The van der Waals surface area contributed by atoms with E-state index in [0.717, 1.165) is 22.0 Å². The fourth-order valence-electron chi connectivity index (χ4n) is 2.11. The molecule has 90 valence electrons. The van der Waals surface area contributed by atoms with Gasteiger partial charge in [-0.15, -0.1) is 0 Å². The van der Waals surface area contributed by atoms with E-state index in [1.807, 2.05) is 18.2 Å². The maximum absolute atomic E-state index is 6.03. The van der Waals surface area contributed by atoms with Gasteiger partial charge >= 0.3 is 0 Å². The highest BCUT2D eigenvalue weighted by Gasteiger charge is 2.47. The minimum Gasteiger partial charge on any atom is -0.359 e. The van der Waals surface area contributed by atoms with Gasteiger partial charge in [-0.25, -0.2) is 0 Å². The Balaban J connectivity index is 2.09. The second-order valence-electron chi connectivity index (χ2n) is 5.34.